The highest BCUT2D eigenvalue weighted by molar-refractivity contribution is 5.86. The number of aliphatic hydroxyl groups is 1. The van der Waals surface area contributed by atoms with Crippen LogP contribution in [0.2, 0.25) is 0 Å². The zero-order valence-electron chi connectivity index (χ0n) is 16.2. The minimum Gasteiger partial charge on any atom is -0.491 e. The van der Waals surface area contributed by atoms with E-state index in [1.54, 1.807) is 6.92 Å². The van der Waals surface area contributed by atoms with Crippen LogP contribution < -0.4 is 4.74 Å². The van der Waals surface area contributed by atoms with Gasteiger partial charge in [-0.3, -0.25) is 0 Å². The average molecular weight is 368 g/mol. The van der Waals surface area contributed by atoms with Crippen molar-refractivity contribution in [2.75, 3.05) is 19.8 Å². The van der Waals surface area contributed by atoms with Gasteiger partial charge in [0, 0.05) is 12.0 Å². The molecule has 144 valence electrons. The molecule has 0 aliphatic carbocycles. The van der Waals surface area contributed by atoms with Gasteiger partial charge in [0.1, 0.15) is 12.4 Å². The Bertz CT molecular complexity index is 762. The average Bonchev–Trinajstić information content (AvgIpc) is 2.67. The number of esters is 1. The van der Waals surface area contributed by atoms with Crippen LogP contribution in [-0.2, 0) is 22.4 Å². The smallest absolute Gasteiger partial charge is 0.333 e. The molecule has 2 aromatic carbocycles. The van der Waals surface area contributed by atoms with E-state index in [1.165, 1.54) is 5.56 Å². The zero-order chi connectivity index (χ0) is 19.6. The first-order valence-electron chi connectivity index (χ1n) is 9.33. The molecule has 0 atom stereocenters. The van der Waals surface area contributed by atoms with E-state index in [9.17, 15) is 4.79 Å². The summed E-state index contributed by atoms with van der Waals surface area (Å²) in [7, 11) is 0. The second-order valence-corrected chi connectivity index (χ2v) is 6.50. The predicted molar refractivity (Wildman–Crippen MR) is 108 cm³/mol. The molecule has 0 bridgehead atoms. The summed E-state index contributed by atoms with van der Waals surface area (Å²) in [6.07, 6.45) is 2.75. The second-order valence-electron chi connectivity index (χ2n) is 6.50. The van der Waals surface area contributed by atoms with Gasteiger partial charge in [0.05, 0.1) is 13.2 Å². The minimum atomic E-state index is -0.355. The summed E-state index contributed by atoms with van der Waals surface area (Å²) in [5.74, 6) is 0.374. The van der Waals surface area contributed by atoms with Crippen LogP contribution in [0.3, 0.4) is 0 Å². The lowest BCUT2D eigenvalue weighted by molar-refractivity contribution is -0.138. The number of benzene rings is 2. The van der Waals surface area contributed by atoms with E-state index < -0.39 is 0 Å². The Labute approximate surface area is 161 Å². The lowest BCUT2D eigenvalue weighted by atomic mass is 9.94. The fourth-order valence-corrected chi connectivity index (χ4v) is 2.85. The molecular formula is C23H28O4. The van der Waals surface area contributed by atoms with Gasteiger partial charge in [-0.15, -0.1) is 0 Å². The maximum absolute atomic E-state index is 11.6. The van der Waals surface area contributed by atoms with Crippen molar-refractivity contribution in [2.24, 2.45) is 0 Å². The van der Waals surface area contributed by atoms with Crippen LogP contribution in [-0.4, -0.2) is 30.9 Å². The van der Waals surface area contributed by atoms with Crippen LogP contribution >= 0.6 is 0 Å². The van der Waals surface area contributed by atoms with Crippen LogP contribution in [0.15, 0.2) is 54.6 Å². The molecule has 1 N–H and O–H groups in total. The molecule has 0 unspecified atom stereocenters. The lowest BCUT2D eigenvalue weighted by Crippen LogP contribution is -2.08. The third kappa shape index (κ3) is 6.26. The molecule has 0 saturated carbocycles. The van der Waals surface area contributed by atoms with Gasteiger partial charge < -0.3 is 14.6 Å². The van der Waals surface area contributed by atoms with Crippen LogP contribution in [0, 0.1) is 0 Å². The number of aryl methyl sites for hydroxylation is 1. The quantitative estimate of drug-likeness (QED) is 0.501. The van der Waals surface area contributed by atoms with Gasteiger partial charge in [-0.05, 0) is 47.7 Å². The van der Waals surface area contributed by atoms with Crippen LogP contribution in [0.1, 0.15) is 31.4 Å². The normalized spacial score (nSPS) is 10.5. The molecule has 27 heavy (non-hydrogen) atoms. The third-order valence-corrected chi connectivity index (χ3v) is 4.19. The van der Waals surface area contributed by atoms with Gasteiger partial charge in [0.25, 0.3) is 0 Å². The monoisotopic (exact) mass is 368 g/mol. The van der Waals surface area contributed by atoms with Crippen molar-refractivity contribution in [2.45, 2.75) is 33.1 Å². The summed E-state index contributed by atoms with van der Waals surface area (Å²) in [5, 5.41) is 8.86. The molecule has 0 heterocycles. The summed E-state index contributed by atoms with van der Waals surface area (Å²) in [5.41, 5.74) is 5.05. The number of rotatable bonds is 10. The summed E-state index contributed by atoms with van der Waals surface area (Å²) in [6.45, 7) is 8.02. The van der Waals surface area contributed by atoms with Crippen LogP contribution in [0.5, 0.6) is 5.75 Å². The van der Waals surface area contributed by atoms with Crippen molar-refractivity contribution in [1.82, 2.24) is 0 Å². The number of hydrogen-bond donors (Lipinski definition) is 1. The fraction of sp³-hybridized carbons (Fsp3) is 0.348. The molecule has 0 aliphatic heterocycles. The van der Waals surface area contributed by atoms with Crippen molar-refractivity contribution in [1.29, 1.82) is 0 Å². The van der Waals surface area contributed by atoms with E-state index in [0.29, 0.717) is 18.6 Å². The molecule has 4 nitrogen and oxygen atoms in total. The molecule has 0 aliphatic rings. The highest BCUT2D eigenvalue weighted by Gasteiger charge is 2.09. The molecule has 4 heteroatoms. The summed E-state index contributed by atoms with van der Waals surface area (Å²) in [6, 6.07) is 14.3. The largest absolute Gasteiger partial charge is 0.491 e. The van der Waals surface area contributed by atoms with Crippen molar-refractivity contribution in [3.8, 4) is 16.9 Å². The number of carbonyl (C=O) groups is 1. The topological polar surface area (TPSA) is 55.8 Å². The SMILES string of the molecule is C=C(C)C(=O)OCCc1cc(CCC)ccc1-c1ccc(OCCO)cc1. The molecule has 0 spiro atoms. The minimum absolute atomic E-state index is 0.00626. The second kappa shape index (κ2) is 10.5. The van der Waals surface area contributed by atoms with Crippen molar-refractivity contribution >= 4 is 5.97 Å². The van der Waals surface area contributed by atoms with Crippen molar-refractivity contribution in [3.05, 3.63) is 65.7 Å². The first kappa shape index (κ1) is 20.7. The van der Waals surface area contributed by atoms with E-state index in [2.05, 4.69) is 31.7 Å². The number of hydrogen-bond acceptors (Lipinski definition) is 4. The van der Waals surface area contributed by atoms with Crippen LogP contribution in [0.25, 0.3) is 11.1 Å². The predicted octanol–water partition coefficient (Wildman–Crippen LogP) is 4.34. The van der Waals surface area contributed by atoms with Gasteiger partial charge in [-0.2, -0.15) is 0 Å². The third-order valence-electron chi connectivity index (χ3n) is 4.19. The molecule has 0 radical (unpaired) electrons. The molecule has 0 amide bonds. The zero-order valence-corrected chi connectivity index (χ0v) is 16.2. The van der Waals surface area contributed by atoms with E-state index in [4.69, 9.17) is 14.6 Å². The first-order chi connectivity index (χ1) is 13.0. The van der Waals surface area contributed by atoms with Gasteiger partial charge >= 0.3 is 5.97 Å². The molecule has 0 aromatic heterocycles. The fourth-order valence-electron chi connectivity index (χ4n) is 2.85. The maximum atomic E-state index is 11.6. The number of aliphatic hydroxyl groups excluding tert-OH is 1. The van der Waals surface area contributed by atoms with Gasteiger partial charge in [-0.1, -0.05) is 50.3 Å². The highest BCUT2D eigenvalue weighted by Crippen LogP contribution is 2.28. The van der Waals surface area contributed by atoms with Crippen LogP contribution in [0.4, 0.5) is 0 Å². The molecule has 0 fully saturated rings. The molecule has 0 saturated heterocycles. The highest BCUT2D eigenvalue weighted by atomic mass is 16.5. The van der Waals surface area contributed by atoms with Gasteiger partial charge in [-0.25, -0.2) is 4.79 Å². The summed E-state index contributed by atoms with van der Waals surface area (Å²) in [4.78, 5) is 11.6. The van der Waals surface area contributed by atoms with E-state index in [1.807, 2.05) is 24.3 Å². The Kier molecular flexibility index (Phi) is 8.08. The Hall–Kier alpha value is -2.59. The van der Waals surface area contributed by atoms with E-state index >= 15 is 0 Å². The van der Waals surface area contributed by atoms with E-state index in [0.717, 1.165) is 35.3 Å². The number of carbonyl (C=O) groups excluding carboxylic acids is 1. The first-order valence-corrected chi connectivity index (χ1v) is 9.33. The van der Waals surface area contributed by atoms with E-state index in [-0.39, 0.29) is 19.2 Å². The summed E-state index contributed by atoms with van der Waals surface area (Å²) >= 11 is 0. The van der Waals surface area contributed by atoms with Crippen molar-refractivity contribution < 1.29 is 19.4 Å². The standard InChI is InChI=1S/C23H28O4/c1-4-5-18-6-11-22(19-7-9-21(10-8-19)26-15-13-24)20(16-18)12-14-27-23(25)17(2)3/h6-11,16,24H,2,4-5,12-15H2,1,3H3. The molecule has 2 rings (SSSR count). The Morgan fingerprint density at radius 3 is 2.44 bits per heavy atom. The Morgan fingerprint density at radius 1 is 1.07 bits per heavy atom. The maximum Gasteiger partial charge on any atom is 0.333 e. The Morgan fingerprint density at radius 2 is 1.81 bits per heavy atom. The summed E-state index contributed by atoms with van der Waals surface area (Å²) < 4.78 is 10.7. The number of ether oxygens (including phenoxy) is 2. The van der Waals surface area contributed by atoms with Crippen molar-refractivity contribution in [3.63, 3.8) is 0 Å². The molecular weight excluding hydrogens is 340 g/mol. The van der Waals surface area contributed by atoms with Gasteiger partial charge in [0.2, 0.25) is 0 Å². The molecule has 2 aromatic rings. The lowest BCUT2D eigenvalue weighted by Gasteiger charge is -2.13. The van der Waals surface area contributed by atoms with Gasteiger partial charge in [0.15, 0.2) is 0 Å². The Balaban J connectivity index is 2.20.